The van der Waals surface area contributed by atoms with Gasteiger partial charge in [0.25, 0.3) is 0 Å². The van der Waals surface area contributed by atoms with E-state index in [9.17, 15) is 19.0 Å². The highest BCUT2D eigenvalue weighted by Crippen LogP contribution is 2.43. The topological polar surface area (TPSA) is 89.9 Å². The summed E-state index contributed by atoms with van der Waals surface area (Å²) in [6.45, 7) is 10.7. The molecule has 0 radical (unpaired) electrons. The van der Waals surface area contributed by atoms with E-state index in [1.807, 2.05) is 0 Å². The van der Waals surface area contributed by atoms with Crippen LogP contribution in [0, 0.1) is 10.8 Å². The molecule has 0 rings (SSSR count). The normalized spacial score (nSPS) is 13.2. The Hall–Kier alpha value is 0.150. The zero-order valence-corrected chi connectivity index (χ0v) is 17.1. The second-order valence-corrected chi connectivity index (χ2v) is 10.5. The molecule has 0 fully saturated rings. The van der Waals surface area contributed by atoms with Crippen molar-refractivity contribution >= 4 is 41.6 Å². The van der Waals surface area contributed by atoms with Crippen LogP contribution in [0.4, 0.5) is 0 Å². The van der Waals surface area contributed by atoms with E-state index < -0.39 is 18.7 Å². The van der Waals surface area contributed by atoms with Crippen molar-refractivity contribution in [1.29, 1.82) is 0 Å². The summed E-state index contributed by atoms with van der Waals surface area (Å²) in [5.74, 6) is 0.558. The smallest absolute Gasteiger partial charge is 0.302 e. The van der Waals surface area contributed by atoms with Gasteiger partial charge in [-0.15, -0.1) is 0 Å². The molecule has 0 saturated carbocycles. The van der Waals surface area contributed by atoms with Gasteiger partial charge in [-0.1, -0.05) is 65.1 Å². The van der Waals surface area contributed by atoms with Gasteiger partial charge in [-0.2, -0.15) is 0 Å². The Bertz CT molecular complexity index is 415. The largest absolute Gasteiger partial charge is 0.472 e. The molecule has 136 valence electrons. The van der Waals surface area contributed by atoms with Crippen LogP contribution >= 0.6 is 31.3 Å². The SMILES string of the molecule is CC(C)(C)C(=O)SCCOP(=O)(O)OCCSC(=O)C(C)(C)C. The zero-order chi connectivity index (χ0) is 18.3. The molecule has 9 heteroatoms. The molecule has 0 aliphatic rings. The lowest BCUT2D eigenvalue weighted by Crippen LogP contribution is -2.18. The minimum atomic E-state index is -4.14. The van der Waals surface area contributed by atoms with Crippen LogP contribution in [0.5, 0.6) is 0 Å². The molecule has 0 unspecified atom stereocenters. The molecule has 0 aliphatic carbocycles. The number of phosphoric acid groups is 1. The van der Waals surface area contributed by atoms with Crippen molar-refractivity contribution in [3.05, 3.63) is 0 Å². The van der Waals surface area contributed by atoms with Gasteiger partial charge in [-0.05, 0) is 0 Å². The number of rotatable bonds is 8. The highest BCUT2D eigenvalue weighted by molar-refractivity contribution is 8.14. The van der Waals surface area contributed by atoms with Gasteiger partial charge in [0.1, 0.15) is 0 Å². The summed E-state index contributed by atoms with van der Waals surface area (Å²) in [6, 6.07) is 0. The van der Waals surface area contributed by atoms with Crippen molar-refractivity contribution in [2.75, 3.05) is 24.7 Å². The van der Waals surface area contributed by atoms with Gasteiger partial charge in [0.2, 0.25) is 0 Å². The van der Waals surface area contributed by atoms with Crippen molar-refractivity contribution in [2.24, 2.45) is 10.8 Å². The Morgan fingerprint density at radius 1 is 0.870 bits per heavy atom. The van der Waals surface area contributed by atoms with Gasteiger partial charge in [0, 0.05) is 22.3 Å². The first-order chi connectivity index (χ1) is 10.3. The number of hydrogen-bond donors (Lipinski definition) is 1. The third kappa shape index (κ3) is 11.3. The van der Waals surface area contributed by atoms with Gasteiger partial charge in [0.15, 0.2) is 10.2 Å². The summed E-state index contributed by atoms with van der Waals surface area (Å²) in [5, 5.41) is -0.0150. The molecule has 0 aromatic carbocycles. The Morgan fingerprint density at radius 3 is 1.43 bits per heavy atom. The second-order valence-electron chi connectivity index (χ2n) is 6.91. The lowest BCUT2D eigenvalue weighted by atomic mass is 9.99. The lowest BCUT2D eigenvalue weighted by Gasteiger charge is -2.17. The standard InChI is InChI=1S/C14H27O6PS2/c1-13(2,3)11(15)22-9-7-19-21(17,18)20-8-10-23-12(16)14(4,5)6/h7-10H2,1-6H3,(H,17,18). The molecular weight excluding hydrogens is 359 g/mol. The fraction of sp³-hybridized carbons (Fsp3) is 0.857. The second kappa shape index (κ2) is 9.59. The molecule has 0 bridgehead atoms. The molecule has 0 aliphatic heterocycles. The van der Waals surface area contributed by atoms with Crippen molar-refractivity contribution in [2.45, 2.75) is 41.5 Å². The number of carbonyl (C=O) groups excluding carboxylic acids is 2. The number of hydrogen-bond acceptors (Lipinski definition) is 7. The number of thioether (sulfide) groups is 2. The molecule has 0 amide bonds. The highest BCUT2D eigenvalue weighted by Gasteiger charge is 2.25. The van der Waals surface area contributed by atoms with Crippen LogP contribution in [-0.4, -0.2) is 39.8 Å². The number of phosphoric ester groups is 1. The van der Waals surface area contributed by atoms with Crippen molar-refractivity contribution < 1.29 is 28.1 Å². The summed E-state index contributed by atoms with van der Waals surface area (Å²) in [4.78, 5) is 32.8. The van der Waals surface area contributed by atoms with Gasteiger partial charge in [-0.3, -0.25) is 18.6 Å². The summed E-state index contributed by atoms with van der Waals surface area (Å²) in [7, 11) is -4.14. The first-order valence-electron chi connectivity index (χ1n) is 7.22. The molecule has 0 aromatic rings. The molecule has 6 nitrogen and oxygen atoms in total. The quantitative estimate of drug-likeness (QED) is 0.498. The maximum absolute atomic E-state index is 11.7. The van der Waals surface area contributed by atoms with Crippen molar-refractivity contribution in [1.82, 2.24) is 0 Å². The van der Waals surface area contributed by atoms with Crippen LogP contribution in [0.2, 0.25) is 0 Å². The van der Waals surface area contributed by atoms with Gasteiger partial charge >= 0.3 is 7.82 Å². The summed E-state index contributed by atoms with van der Waals surface area (Å²) >= 11 is 2.12. The highest BCUT2D eigenvalue weighted by atomic mass is 32.2. The molecular formula is C14H27O6PS2. The molecule has 0 heterocycles. The van der Waals surface area contributed by atoms with Crippen LogP contribution in [0.25, 0.3) is 0 Å². The van der Waals surface area contributed by atoms with E-state index >= 15 is 0 Å². The summed E-state index contributed by atoms with van der Waals surface area (Å²) < 4.78 is 21.2. The van der Waals surface area contributed by atoms with Gasteiger partial charge < -0.3 is 4.89 Å². The maximum Gasteiger partial charge on any atom is 0.472 e. The molecule has 0 saturated heterocycles. The first kappa shape index (κ1) is 23.1. The zero-order valence-electron chi connectivity index (χ0n) is 14.6. The van der Waals surface area contributed by atoms with E-state index in [4.69, 9.17) is 9.05 Å². The first-order valence-corrected chi connectivity index (χ1v) is 10.7. The Balaban J connectivity index is 3.92. The van der Waals surface area contributed by atoms with E-state index in [0.29, 0.717) is 0 Å². The van der Waals surface area contributed by atoms with Crippen LogP contribution in [0.15, 0.2) is 0 Å². The fourth-order valence-corrected chi connectivity index (χ4v) is 3.58. The Morgan fingerprint density at radius 2 is 1.17 bits per heavy atom. The van der Waals surface area contributed by atoms with E-state index in [1.165, 1.54) is 0 Å². The van der Waals surface area contributed by atoms with E-state index in [2.05, 4.69) is 0 Å². The summed E-state index contributed by atoms with van der Waals surface area (Å²) in [5.41, 5.74) is -0.915. The molecule has 0 spiro atoms. The van der Waals surface area contributed by atoms with E-state index in [-0.39, 0.29) is 35.0 Å². The predicted molar refractivity (Wildman–Crippen MR) is 95.6 cm³/mol. The van der Waals surface area contributed by atoms with Crippen LogP contribution < -0.4 is 0 Å². The predicted octanol–water partition coefficient (Wildman–Crippen LogP) is 3.73. The van der Waals surface area contributed by atoms with Crippen LogP contribution in [0.3, 0.4) is 0 Å². The Kier molecular flexibility index (Phi) is 9.65. The van der Waals surface area contributed by atoms with E-state index in [0.717, 1.165) is 23.5 Å². The van der Waals surface area contributed by atoms with Gasteiger partial charge in [-0.25, -0.2) is 4.57 Å². The van der Waals surface area contributed by atoms with E-state index in [1.54, 1.807) is 41.5 Å². The molecule has 23 heavy (non-hydrogen) atoms. The average Bonchev–Trinajstić information content (AvgIpc) is 2.37. The molecule has 0 atom stereocenters. The number of carbonyl (C=O) groups is 2. The van der Waals surface area contributed by atoms with Crippen molar-refractivity contribution in [3.8, 4) is 0 Å². The van der Waals surface area contributed by atoms with Crippen LogP contribution in [0.1, 0.15) is 41.5 Å². The fourth-order valence-electron chi connectivity index (χ4n) is 1.04. The lowest BCUT2D eigenvalue weighted by molar-refractivity contribution is -0.118. The monoisotopic (exact) mass is 386 g/mol. The molecule has 1 N–H and O–H groups in total. The molecule has 0 aromatic heterocycles. The Labute approximate surface area is 147 Å². The third-order valence-corrected chi connectivity index (χ3v) is 5.88. The minimum Gasteiger partial charge on any atom is -0.302 e. The van der Waals surface area contributed by atoms with Crippen molar-refractivity contribution in [3.63, 3.8) is 0 Å². The maximum atomic E-state index is 11.7. The van der Waals surface area contributed by atoms with Crippen LogP contribution in [-0.2, 0) is 23.2 Å². The third-order valence-electron chi connectivity index (χ3n) is 2.37. The summed E-state index contributed by atoms with van der Waals surface area (Å²) in [6.07, 6.45) is 0. The average molecular weight is 386 g/mol. The van der Waals surface area contributed by atoms with Gasteiger partial charge in [0.05, 0.1) is 13.2 Å². The minimum absolute atomic E-state index is 0.00752.